The van der Waals surface area contributed by atoms with E-state index in [1.165, 1.54) is 7.11 Å². The predicted molar refractivity (Wildman–Crippen MR) is 62.9 cm³/mol. The Morgan fingerprint density at radius 1 is 1.50 bits per heavy atom. The summed E-state index contributed by atoms with van der Waals surface area (Å²) >= 11 is 5.83. The van der Waals surface area contributed by atoms with E-state index in [1.807, 2.05) is 13.8 Å². The molecule has 0 aliphatic carbocycles. The van der Waals surface area contributed by atoms with Crippen LogP contribution in [0.15, 0.2) is 18.2 Å². The van der Waals surface area contributed by atoms with E-state index in [1.54, 1.807) is 18.2 Å². The van der Waals surface area contributed by atoms with Crippen LogP contribution in [0.1, 0.15) is 18.9 Å². The minimum absolute atomic E-state index is 0.364. The van der Waals surface area contributed by atoms with Crippen molar-refractivity contribution >= 4 is 17.6 Å². The van der Waals surface area contributed by atoms with E-state index in [0.29, 0.717) is 17.2 Å². The van der Waals surface area contributed by atoms with Crippen molar-refractivity contribution in [3.63, 3.8) is 0 Å². The van der Waals surface area contributed by atoms with Crippen molar-refractivity contribution in [2.75, 3.05) is 7.11 Å². The first kappa shape index (κ1) is 12.8. The highest BCUT2D eigenvalue weighted by Crippen LogP contribution is 2.23. The summed E-state index contributed by atoms with van der Waals surface area (Å²) in [5.74, 6) is 0.290. The molecule has 16 heavy (non-hydrogen) atoms. The molecule has 1 aromatic rings. The fraction of sp³-hybridized carbons (Fsp3) is 0.417. The molecule has 0 bridgehead atoms. The fourth-order valence-electron chi connectivity index (χ4n) is 1.33. The number of benzene rings is 1. The molecule has 1 rings (SSSR count). The van der Waals surface area contributed by atoms with Gasteiger partial charge >= 0.3 is 5.97 Å². The maximum atomic E-state index is 11.4. The van der Waals surface area contributed by atoms with E-state index in [0.717, 1.165) is 5.56 Å². The third-order valence-electron chi connectivity index (χ3n) is 2.24. The molecule has 4 heteroatoms. The summed E-state index contributed by atoms with van der Waals surface area (Å²) in [5.41, 5.74) is 0.898. The average Bonchev–Trinajstić information content (AvgIpc) is 2.27. The normalized spacial score (nSPS) is 12.0. The van der Waals surface area contributed by atoms with E-state index in [4.69, 9.17) is 16.3 Å². The van der Waals surface area contributed by atoms with Crippen molar-refractivity contribution in [3.05, 3.63) is 28.8 Å². The van der Waals surface area contributed by atoms with E-state index in [2.05, 4.69) is 4.74 Å². The van der Waals surface area contributed by atoms with Crippen LogP contribution in [-0.4, -0.2) is 19.2 Å². The van der Waals surface area contributed by atoms with E-state index in [9.17, 15) is 4.79 Å². The Bertz CT molecular complexity index is 377. The van der Waals surface area contributed by atoms with E-state index < -0.39 is 6.10 Å². The molecular weight excluding hydrogens is 228 g/mol. The van der Waals surface area contributed by atoms with Gasteiger partial charge in [0.25, 0.3) is 0 Å². The van der Waals surface area contributed by atoms with Crippen LogP contribution in [0.5, 0.6) is 5.75 Å². The lowest BCUT2D eigenvalue weighted by atomic mass is 10.2. The maximum Gasteiger partial charge on any atom is 0.347 e. The number of hydrogen-bond acceptors (Lipinski definition) is 3. The molecule has 0 N–H and O–H groups in total. The third kappa shape index (κ3) is 3.14. The molecule has 1 aromatic carbocycles. The Hall–Kier alpha value is -1.22. The van der Waals surface area contributed by atoms with Crippen LogP contribution in [0, 0.1) is 6.92 Å². The summed E-state index contributed by atoms with van der Waals surface area (Å²) in [4.78, 5) is 11.4. The van der Waals surface area contributed by atoms with Gasteiger partial charge in [0.05, 0.1) is 7.11 Å². The summed E-state index contributed by atoms with van der Waals surface area (Å²) in [5, 5.41) is 0.649. The maximum absolute atomic E-state index is 11.4. The minimum atomic E-state index is -0.565. The van der Waals surface area contributed by atoms with Gasteiger partial charge in [-0.1, -0.05) is 18.5 Å². The smallest absolute Gasteiger partial charge is 0.347 e. The van der Waals surface area contributed by atoms with Gasteiger partial charge in [-0.3, -0.25) is 0 Å². The molecule has 0 spiro atoms. The van der Waals surface area contributed by atoms with Crippen LogP contribution in [0.3, 0.4) is 0 Å². The molecule has 0 fully saturated rings. The second-order valence-electron chi connectivity index (χ2n) is 3.45. The number of halogens is 1. The van der Waals surface area contributed by atoms with Crippen LogP contribution in [0.4, 0.5) is 0 Å². The van der Waals surface area contributed by atoms with Crippen LogP contribution in [0.25, 0.3) is 0 Å². The SMILES string of the molecule is CCC(Oc1ccc(Cl)cc1C)C(=O)OC. The van der Waals surface area contributed by atoms with Crippen LogP contribution in [0.2, 0.25) is 5.02 Å². The highest BCUT2D eigenvalue weighted by molar-refractivity contribution is 6.30. The Morgan fingerprint density at radius 2 is 2.19 bits per heavy atom. The van der Waals surface area contributed by atoms with Crippen molar-refractivity contribution in [1.82, 2.24) is 0 Å². The third-order valence-corrected chi connectivity index (χ3v) is 2.48. The van der Waals surface area contributed by atoms with Gasteiger partial charge in [0.2, 0.25) is 0 Å². The van der Waals surface area contributed by atoms with Crippen molar-refractivity contribution in [2.45, 2.75) is 26.4 Å². The summed E-state index contributed by atoms with van der Waals surface area (Å²) in [6.07, 6.45) is -0.000704. The lowest BCUT2D eigenvalue weighted by Gasteiger charge is -2.16. The van der Waals surface area contributed by atoms with Gasteiger partial charge in [0, 0.05) is 5.02 Å². The predicted octanol–water partition coefficient (Wildman–Crippen LogP) is 2.98. The van der Waals surface area contributed by atoms with Gasteiger partial charge in [-0.05, 0) is 37.1 Å². The van der Waals surface area contributed by atoms with Gasteiger partial charge in [0.1, 0.15) is 5.75 Å². The van der Waals surface area contributed by atoms with Crippen LogP contribution < -0.4 is 4.74 Å². The largest absolute Gasteiger partial charge is 0.478 e. The van der Waals surface area contributed by atoms with Crippen LogP contribution in [-0.2, 0) is 9.53 Å². The molecule has 3 nitrogen and oxygen atoms in total. The van der Waals surface area contributed by atoms with Gasteiger partial charge in [-0.15, -0.1) is 0 Å². The van der Waals surface area contributed by atoms with Gasteiger partial charge in [0.15, 0.2) is 6.10 Å². The molecular formula is C12H15ClO3. The number of hydrogen-bond donors (Lipinski definition) is 0. The van der Waals surface area contributed by atoms with E-state index in [-0.39, 0.29) is 5.97 Å². The van der Waals surface area contributed by atoms with E-state index >= 15 is 0 Å². The summed E-state index contributed by atoms with van der Waals surface area (Å²) < 4.78 is 10.2. The highest BCUT2D eigenvalue weighted by atomic mass is 35.5. The number of carbonyl (C=O) groups excluding carboxylic acids is 1. The first-order valence-electron chi connectivity index (χ1n) is 5.09. The Balaban J connectivity index is 2.82. The lowest BCUT2D eigenvalue weighted by molar-refractivity contribution is -0.148. The molecule has 0 saturated heterocycles. The second-order valence-corrected chi connectivity index (χ2v) is 3.88. The number of ether oxygens (including phenoxy) is 2. The minimum Gasteiger partial charge on any atom is -0.478 e. The van der Waals surface area contributed by atoms with Crippen molar-refractivity contribution in [1.29, 1.82) is 0 Å². The van der Waals surface area contributed by atoms with Crippen molar-refractivity contribution in [2.24, 2.45) is 0 Å². The molecule has 0 heterocycles. The molecule has 0 radical (unpaired) electrons. The molecule has 0 aromatic heterocycles. The quantitative estimate of drug-likeness (QED) is 0.762. The lowest BCUT2D eigenvalue weighted by Crippen LogP contribution is -2.27. The van der Waals surface area contributed by atoms with Crippen molar-refractivity contribution < 1.29 is 14.3 Å². The zero-order valence-electron chi connectivity index (χ0n) is 9.62. The van der Waals surface area contributed by atoms with Crippen LogP contribution >= 0.6 is 11.6 Å². The second kappa shape index (κ2) is 5.75. The number of rotatable bonds is 4. The molecule has 88 valence electrons. The standard InChI is InChI=1S/C12H15ClO3/c1-4-10(12(14)15-3)16-11-6-5-9(13)7-8(11)2/h5-7,10H,4H2,1-3H3. The zero-order chi connectivity index (χ0) is 12.1. The molecule has 0 aliphatic rings. The van der Waals surface area contributed by atoms with Gasteiger partial charge in [-0.25, -0.2) is 4.79 Å². The summed E-state index contributed by atoms with van der Waals surface area (Å²) in [6.45, 7) is 3.75. The fourth-order valence-corrected chi connectivity index (χ4v) is 1.55. The summed E-state index contributed by atoms with van der Waals surface area (Å²) in [7, 11) is 1.35. The highest BCUT2D eigenvalue weighted by Gasteiger charge is 2.19. The molecule has 0 saturated carbocycles. The Labute approximate surface area is 100 Å². The molecule has 1 atom stereocenters. The number of aryl methyl sites for hydroxylation is 1. The Kier molecular flexibility index (Phi) is 4.62. The summed E-state index contributed by atoms with van der Waals surface area (Å²) in [6, 6.07) is 5.28. The molecule has 1 unspecified atom stereocenters. The van der Waals surface area contributed by atoms with Crippen molar-refractivity contribution in [3.8, 4) is 5.75 Å². The Morgan fingerprint density at radius 3 is 2.69 bits per heavy atom. The monoisotopic (exact) mass is 242 g/mol. The van der Waals surface area contributed by atoms with Gasteiger partial charge < -0.3 is 9.47 Å². The molecule has 0 aliphatic heterocycles. The average molecular weight is 243 g/mol. The van der Waals surface area contributed by atoms with Gasteiger partial charge in [-0.2, -0.15) is 0 Å². The first-order valence-corrected chi connectivity index (χ1v) is 5.47. The molecule has 0 amide bonds. The number of esters is 1. The topological polar surface area (TPSA) is 35.5 Å². The zero-order valence-corrected chi connectivity index (χ0v) is 10.4. The number of methoxy groups -OCH3 is 1. The first-order chi connectivity index (χ1) is 7.58. The number of carbonyl (C=O) groups is 1.